The van der Waals surface area contributed by atoms with Gasteiger partial charge >= 0.3 is 6.18 Å². The highest BCUT2D eigenvalue weighted by Crippen LogP contribution is 2.25. The Kier molecular flexibility index (Phi) is 7.77. The number of hydrogen-bond donors (Lipinski definition) is 1. The molecule has 1 saturated heterocycles. The van der Waals surface area contributed by atoms with Crippen LogP contribution in [0, 0.1) is 6.92 Å². The van der Waals surface area contributed by atoms with E-state index in [-0.39, 0.29) is 24.0 Å². The fraction of sp³-hybridized carbons (Fsp3) is 0.714. The molecule has 0 aromatic carbocycles. The van der Waals surface area contributed by atoms with Gasteiger partial charge in [-0.1, -0.05) is 5.16 Å². The average molecular weight is 461 g/mol. The molecule has 0 amide bonds. The minimum absolute atomic E-state index is 0. The Morgan fingerprint density at radius 2 is 2.00 bits per heavy atom. The summed E-state index contributed by atoms with van der Waals surface area (Å²) in [5, 5.41) is 6.95. The van der Waals surface area contributed by atoms with E-state index in [0.717, 1.165) is 5.69 Å². The van der Waals surface area contributed by atoms with Gasteiger partial charge in [0, 0.05) is 39.3 Å². The maximum Gasteiger partial charge on any atom is 0.403 e. The van der Waals surface area contributed by atoms with Crippen LogP contribution in [0.4, 0.5) is 13.2 Å². The molecule has 1 atom stereocenters. The number of aromatic nitrogens is 1. The number of alkyl halides is 3. The first-order valence-electron chi connectivity index (χ1n) is 7.50. The molecule has 1 aromatic rings. The zero-order chi connectivity index (χ0) is 17.0. The summed E-state index contributed by atoms with van der Waals surface area (Å²) in [4.78, 5) is 7.58. The van der Waals surface area contributed by atoms with Gasteiger partial charge in [-0.2, -0.15) is 13.2 Å². The van der Waals surface area contributed by atoms with Gasteiger partial charge in [-0.05, 0) is 13.8 Å². The first kappa shape index (κ1) is 21.0. The van der Waals surface area contributed by atoms with Gasteiger partial charge in [0.05, 0.1) is 12.2 Å². The molecular weight excluding hydrogens is 438 g/mol. The molecule has 1 aromatic heterocycles. The lowest BCUT2D eigenvalue weighted by atomic mass is 10.2. The number of aliphatic imine (C=N–C) groups is 1. The normalized spacial score (nSPS) is 18.2. The number of nitrogens with one attached hydrogen (secondary N) is 1. The average Bonchev–Trinajstić information content (AvgIpc) is 2.92. The van der Waals surface area contributed by atoms with E-state index in [4.69, 9.17) is 4.52 Å². The molecule has 1 unspecified atom stereocenters. The molecule has 10 heteroatoms. The van der Waals surface area contributed by atoms with Gasteiger partial charge in [0.25, 0.3) is 0 Å². The van der Waals surface area contributed by atoms with E-state index in [1.165, 1.54) is 11.8 Å². The quantitative estimate of drug-likeness (QED) is 0.425. The highest BCUT2D eigenvalue weighted by atomic mass is 127. The third-order valence-electron chi connectivity index (χ3n) is 3.94. The molecule has 0 aliphatic carbocycles. The summed E-state index contributed by atoms with van der Waals surface area (Å²) in [6, 6.07) is 0.403. The van der Waals surface area contributed by atoms with Crippen molar-refractivity contribution in [2.75, 3.05) is 33.2 Å². The van der Waals surface area contributed by atoms with Crippen LogP contribution in [0.3, 0.4) is 0 Å². The topological polar surface area (TPSA) is 56.9 Å². The first-order valence-corrected chi connectivity index (χ1v) is 7.50. The van der Waals surface area contributed by atoms with E-state index in [9.17, 15) is 13.2 Å². The van der Waals surface area contributed by atoms with Crippen LogP contribution in [0.2, 0.25) is 0 Å². The van der Waals surface area contributed by atoms with Gasteiger partial charge < -0.3 is 14.7 Å². The van der Waals surface area contributed by atoms with Crippen molar-refractivity contribution in [3.05, 3.63) is 17.5 Å². The molecule has 1 aliphatic heterocycles. The smallest absolute Gasteiger partial charge is 0.359 e. The molecule has 138 valence electrons. The Morgan fingerprint density at radius 3 is 2.46 bits per heavy atom. The molecule has 24 heavy (non-hydrogen) atoms. The van der Waals surface area contributed by atoms with E-state index < -0.39 is 12.2 Å². The van der Waals surface area contributed by atoms with Crippen LogP contribution < -0.4 is 5.32 Å². The number of rotatable bonds is 3. The van der Waals surface area contributed by atoms with E-state index in [2.05, 4.69) is 15.5 Å². The molecule has 2 rings (SSSR count). The van der Waals surface area contributed by atoms with Crippen LogP contribution in [0.25, 0.3) is 0 Å². The summed E-state index contributed by atoms with van der Waals surface area (Å²) >= 11 is 0. The number of piperazine rings is 1. The summed E-state index contributed by atoms with van der Waals surface area (Å²) < 4.78 is 43.4. The van der Waals surface area contributed by atoms with E-state index in [1.807, 2.05) is 17.9 Å². The Morgan fingerprint density at radius 1 is 1.38 bits per heavy atom. The third-order valence-corrected chi connectivity index (χ3v) is 3.94. The largest absolute Gasteiger partial charge is 0.403 e. The lowest BCUT2D eigenvalue weighted by molar-refractivity contribution is -0.181. The van der Waals surface area contributed by atoms with Gasteiger partial charge in [-0.25, -0.2) is 0 Å². The highest BCUT2D eigenvalue weighted by Gasteiger charge is 2.41. The van der Waals surface area contributed by atoms with Gasteiger partial charge in [0.2, 0.25) is 0 Å². The molecule has 0 saturated carbocycles. The predicted octanol–water partition coefficient (Wildman–Crippen LogP) is 2.24. The summed E-state index contributed by atoms with van der Waals surface area (Å²) in [5.41, 5.74) is 0.798. The van der Waals surface area contributed by atoms with Gasteiger partial charge in [0.15, 0.2) is 11.7 Å². The van der Waals surface area contributed by atoms with E-state index in [1.54, 1.807) is 7.05 Å². The van der Waals surface area contributed by atoms with Crippen LogP contribution in [-0.4, -0.2) is 66.4 Å². The van der Waals surface area contributed by atoms with Crippen LogP contribution in [0.15, 0.2) is 15.6 Å². The highest BCUT2D eigenvalue weighted by molar-refractivity contribution is 14.0. The molecule has 0 spiro atoms. The second kappa shape index (κ2) is 8.88. The van der Waals surface area contributed by atoms with Gasteiger partial charge in [-0.3, -0.25) is 9.89 Å². The van der Waals surface area contributed by atoms with Crippen molar-refractivity contribution in [2.45, 2.75) is 32.6 Å². The van der Waals surface area contributed by atoms with E-state index in [0.29, 0.717) is 44.4 Å². The monoisotopic (exact) mass is 461 g/mol. The van der Waals surface area contributed by atoms with Crippen LogP contribution in [0.1, 0.15) is 18.4 Å². The Balaban J connectivity index is 0.00000288. The van der Waals surface area contributed by atoms with Crippen LogP contribution in [-0.2, 0) is 6.54 Å². The SMILES string of the molecule is CN=C(NCc1cc(C)no1)N1CCN(C(C)C(F)(F)F)CC1.I. The Hall–Kier alpha value is -1.04. The fourth-order valence-electron chi connectivity index (χ4n) is 2.53. The van der Waals surface area contributed by atoms with Crippen molar-refractivity contribution >= 4 is 29.9 Å². The first-order chi connectivity index (χ1) is 10.8. The molecule has 0 bridgehead atoms. The van der Waals surface area contributed by atoms with Crippen molar-refractivity contribution in [2.24, 2.45) is 4.99 Å². The third kappa shape index (κ3) is 5.50. The van der Waals surface area contributed by atoms with Gasteiger partial charge in [-0.15, -0.1) is 24.0 Å². The lowest BCUT2D eigenvalue weighted by Crippen LogP contribution is -2.56. The Labute approximate surface area is 156 Å². The fourth-order valence-corrected chi connectivity index (χ4v) is 2.53. The van der Waals surface area contributed by atoms with E-state index >= 15 is 0 Å². The zero-order valence-corrected chi connectivity index (χ0v) is 16.3. The predicted molar refractivity (Wildman–Crippen MR) is 95.5 cm³/mol. The molecule has 1 N–H and O–H groups in total. The zero-order valence-electron chi connectivity index (χ0n) is 13.9. The molecule has 1 aliphatic rings. The number of nitrogens with zero attached hydrogens (tertiary/aromatic N) is 4. The minimum Gasteiger partial charge on any atom is -0.359 e. The molecule has 6 nitrogen and oxygen atoms in total. The maximum absolute atomic E-state index is 12.8. The van der Waals surface area contributed by atoms with Gasteiger partial charge in [0.1, 0.15) is 6.04 Å². The maximum atomic E-state index is 12.8. The van der Waals surface area contributed by atoms with Crippen molar-refractivity contribution < 1.29 is 17.7 Å². The van der Waals surface area contributed by atoms with Crippen molar-refractivity contribution in [3.63, 3.8) is 0 Å². The molecule has 1 fully saturated rings. The standard InChI is InChI=1S/C14H22F3N5O.HI/c1-10-8-12(23-20-10)9-19-13(18-3)22-6-4-21(5-7-22)11(2)14(15,16)17;/h8,11H,4-7,9H2,1-3H3,(H,18,19);1H. The second-order valence-corrected chi connectivity index (χ2v) is 5.58. The second-order valence-electron chi connectivity index (χ2n) is 5.58. The van der Waals surface area contributed by atoms with Crippen molar-refractivity contribution in [1.29, 1.82) is 0 Å². The summed E-state index contributed by atoms with van der Waals surface area (Å²) in [6.45, 7) is 5.17. The van der Waals surface area contributed by atoms with Crippen molar-refractivity contribution in [1.82, 2.24) is 20.3 Å². The van der Waals surface area contributed by atoms with Crippen LogP contribution in [0.5, 0.6) is 0 Å². The van der Waals surface area contributed by atoms with Crippen LogP contribution >= 0.6 is 24.0 Å². The Bertz CT molecular complexity index is 541. The lowest BCUT2D eigenvalue weighted by Gasteiger charge is -2.39. The summed E-state index contributed by atoms with van der Waals surface area (Å²) in [6.07, 6.45) is -4.19. The van der Waals surface area contributed by atoms with Crippen molar-refractivity contribution in [3.8, 4) is 0 Å². The summed E-state index contributed by atoms with van der Waals surface area (Å²) in [7, 11) is 1.65. The summed E-state index contributed by atoms with van der Waals surface area (Å²) in [5.74, 6) is 1.34. The number of halogens is 4. The number of guanidine groups is 1. The molecular formula is C14H23F3IN5O. The molecule has 2 heterocycles. The number of hydrogen-bond acceptors (Lipinski definition) is 4. The minimum atomic E-state index is -4.19. The molecule has 0 radical (unpaired) electrons. The number of aryl methyl sites for hydroxylation is 1.